The number of ketones is 1. The van der Waals surface area contributed by atoms with Gasteiger partial charge in [0.15, 0.2) is 22.9 Å². The van der Waals surface area contributed by atoms with E-state index in [0.29, 0.717) is 48.2 Å². The van der Waals surface area contributed by atoms with Crippen LogP contribution in [0, 0.1) is 11.7 Å². The number of rotatable bonds is 3. The number of para-hydroxylation sites is 1. The van der Waals surface area contributed by atoms with Crippen molar-refractivity contribution < 1.29 is 9.18 Å². The van der Waals surface area contributed by atoms with Crippen molar-refractivity contribution in [3.63, 3.8) is 0 Å². The van der Waals surface area contributed by atoms with Gasteiger partial charge in [0, 0.05) is 31.6 Å². The molecule has 1 saturated heterocycles. The summed E-state index contributed by atoms with van der Waals surface area (Å²) in [5.41, 5.74) is 6.28. The van der Waals surface area contributed by atoms with E-state index in [9.17, 15) is 14.0 Å². The Hall–Kier alpha value is -4.28. The molecular formula is C23H21FN8O2. The predicted molar refractivity (Wildman–Crippen MR) is 124 cm³/mol. The third-order valence-corrected chi connectivity index (χ3v) is 6.40. The number of hydrogen-bond acceptors (Lipinski definition) is 8. The molecule has 0 radical (unpaired) electrons. The van der Waals surface area contributed by atoms with Gasteiger partial charge in [-0.1, -0.05) is 25.1 Å². The number of fused-ring (bicyclic) bond motifs is 2. The third kappa shape index (κ3) is 2.89. The number of anilines is 3. The number of halogens is 1. The predicted octanol–water partition coefficient (Wildman–Crippen LogP) is 2.19. The number of carbonyl (C=O) groups excluding carboxylic acids is 1. The van der Waals surface area contributed by atoms with E-state index >= 15 is 0 Å². The van der Waals surface area contributed by atoms with Crippen LogP contribution in [0.3, 0.4) is 0 Å². The molecule has 5 heterocycles. The van der Waals surface area contributed by atoms with Crippen LogP contribution in [-0.4, -0.2) is 43.0 Å². The summed E-state index contributed by atoms with van der Waals surface area (Å²) in [6.07, 6.45) is 1.75. The van der Waals surface area contributed by atoms with Crippen LogP contribution in [0.2, 0.25) is 0 Å². The van der Waals surface area contributed by atoms with Gasteiger partial charge in [0.1, 0.15) is 17.2 Å². The van der Waals surface area contributed by atoms with Gasteiger partial charge in [-0.2, -0.15) is 15.1 Å². The van der Waals surface area contributed by atoms with E-state index in [1.54, 1.807) is 24.3 Å². The smallest absolute Gasteiger partial charge is 0.285 e. The molecule has 34 heavy (non-hydrogen) atoms. The van der Waals surface area contributed by atoms with Gasteiger partial charge in [0.25, 0.3) is 5.56 Å². The number of carbonyl (C=O) groups is 1. The van der Waals surface area contributed by atoms with Crippen molar-refractivity contribution >= 4 is 28.9 Å². The van der Waals surface area contributed by atoms with Crippen LogP contribution in [0.4, 0.5) is 22.0 Å². The Labute approximate surface area is 192 Å². The number of nitrogens with one attached hydrogen (secondary N) is 1. The molecule has 2 aliphatic rings. The molecule has 10 nitrogen and oxygen atoms in total. The number of aromatic nitrogens is 5. The minimum atomic E-state index is -0.637. The number of hydrogen-bond donors (Lipinski definition) is 2. The summed E-state index contributed by atoms with van der Waals surface area (Å²) in [6, 6.07) is 9.80. The lowest BCUT2D eigenvalue weighted by Gasteiger charge is -2.48. The van der Waals surface area contributed by atoms with Gasteiger partial charge >= 0.3 is 0 Å². The number of benzene rings is 1. The summed E-state index contributed by atoms with van der Waals surface area (Å²) >= 11 is 0. The molecular weight excluding hydrogens is 439 g/mol. The molecule has 0 saturated carbocycles. The van der Waals surface area contributed by atoms with Crippen LogP contribution in [0.1, 0.15) is 35.6 Å². The van der Waals surface area contributed by atoms with E-state index in [0.717, 1.165) is 0 Å². The summed E-state index contributed by atoms with van der Waals surface area (Å²) in [4.78, 5) is 36.8. The first-order valence-electron chi connectivity index (χ1n) is 11.0. The van der Waals surface area contributed by atoms with Gasteiger partial charge < -0.3 is 16.0 Å². The topological polar surface area (TPSA) is 123 Å². The second-order valence-electron chi connectivity index (χ2n) is 8.59. The highest BCUT2D eigenvalue weighted by Crippen LogP contribution is 2.44. The summed E-state index contributed by atoms with van der Waals surface area (Å²) in [5, 5.41) is 7.78. The molecule has 1 aromatic carbocycles. The van der Waals surface area contributed by atoms with Crippen LogP contribution in [-0.2, 0) is 0 Å². The minimum absolute atomic E-state index is 0.0468. The summed E-state index contributed by atoms with van der Waals surface area (Å²) < 4.78 is 17.2. The number of Topliss-reactive ketones (excluding diaryl/α,β-unsaturated/α-hetero) is 1. The maximum absolute atomic E-state index is 14.5. The van der Waals surface area contributed by atoms with Gasteiger partial charge in [-0.25, -0.2) is 8.91 Å². The Morgan fingerprint density at radius 1 is 1.15 bits per heavy atom. The normalized spacial score (nSPS) is 19.6. The molecule has 1 fully saturated rings. The lowest BCUT2D eigenvalue weighted by atomic mass is 9.88. The first-order valence-corrected chi connectivity index (χ1v) is 11.0. The van der Waals surface area contributed by atoms with E-state index in [4.69, 9.17) is 5.73 Å². The molecule has 6 rings (SSSR count). The monoisotopic (exact) mass is 460 g/mol. The number of nitrogens with two attached hydrogens (primary N) is 1. The molecule has 0 amide bonds. The van der Waals surface area contributed by atoms with Crippen molar-refractivity contribution in [1.82, 2.24) is 24.1 Å². The van der Waals surface area contributed by atoms with Crippen LogP contribution in [0.15, 0.2) is 47.4 Å². The first-order chi connectivity index (χ1) is 16.4. The Morgan fingerprint density at radius 2 is 1.94 bits per heavy atom. The maximum atomic E-state index is 14.5. The first kappa shape index (κ1) is 20.3. The average molecular weight is 460 g/mol. The summed E-state index contributed by atoms with van der Waals surface area (Å²) in [7, 11) is 0. The third-order valence-electron chi connectivity index (χ3n) is 6.40. The second-order valence-corrected chi connectivity index (χ2v) is 8.59. The quantitative estimate of drug-likeness (QED) is 0.477. The highest BCUT2D eigenvalue weighted by molar-refractivity contribution is 6.06. The lowest BCUT2D eigenvalue weighted by molar-refractivity contribution is 0.0982. The molecule has 0 bridgehead atoms. The van der Waals surface area contributed by atoms with E-state index in [-0.39, 0.29) is 23.2 Å². The van der Waals surface area contributed by atoms with Crippen LogP contribution >= 0.6 is 0 Å². The molecule has 2 aliphatic heterocycles. The van der Waals surface area contributed by atoms with Gasteiger partial charge in [-0.3, -0.25) is 14.2 Å². The van der Waals surface area contributed by atoms with Gasteiger partial charge in [-0.15, -0.1) is 0 Å². The molecule has 3 N–H and O–H groups in total. The Kier molecular flexibility index (Phi) is 4.41. The lowest BCUT2D eigenvalue weighted by Crippen LogP contribution is -2.52. The molecule has 4 aromatic rings. The Bertz CT molecular complexity index is 1510. The molecule has 172 valence electrons. The van der Waals surface area contributed by atoms with Crippen LogP contribution in [0.25, 0.3) is 11.2 Å². The van der Waals surface area contributed by atoms with E-state index < -0.39 is 17.4 Å². The number of nitrogen functional groups attached to an aromatic ring is 1. The molecule has 3 aromatic heterocycles. The van der Waals surface area contributed by atoms with Crippen LogP contribution < -0.4 is 21.5 Å². The fraction of sp³-hybridized carbons (Fsp3) is 0.261. The van der Waals surface area contributed by atoms with Crippen molar-refractivity contribution in [2.75, 3.05) is 29.0 Å². The van der Waals surface area contributed by atoms with Gasteiger partial charge in [-0.05, 0) is 18.2 Å². The minimum Gasteiger partial charge on any atom is -0.369 e. The maximum Gasteiger partial charge on any atom is 0.285 e. The zero-order valence-corrected chi connectivity index (χ0v) is 18.3. The van der Waals surface area contributed by atoms with Crippen LogP contribution in [0.5, 0.6) is 0 Å². The molecule has 11 heteroatoms. The van der Waals surface area contributed by atoms with E-state index in [1.165, 1.54) is 21.3 Å². The summed E-state index contributed by atoms with van der Waals surface area (Å²) in [5.74, 6) is 0.646. The summed E-state index contributed by atoms with van der Waals surface area (Å²) in [6.45, 7) is 3.08. The molecule has 2 atom stereocenters. The number of nitrogens with zero attached hydrogens (tertiary/aromatic N) is 6. The average Bonchev–Trinajstić information content (AvgIpc) is 3.18. The highest BCUT2D eigenvalue weighted by Gasteiger charge is 2.44. The van der Waals surface area contributed by atoms with Crippen molar-refractivity contribution in [2.24, 2.45) is 5.92 Å². The molecule has 0 aliphatic carbocycles. The Morgan fingerprint density at radius 3 is 2.71 bits per heavy atom. The largest absolute Gasteiger partial charge is 0.369 e. The molecule has 1 unspecified atom stereocenters. The fourth-order valence-electron chi connectivity index (χ4n) is 4.85. The highest BCUT2D eigenvalue weighted by atomic mass is 19.1. The SMILES string of the molecule is CC1CN(c2nc(N)nc3c2C(=O)CCN3)[C@@H]1c1nn2ccc(F)c2c(=O)n1-c1ccccc1. The van der Waals surface area contributed by atoms with Gasteiger partial charge in [0.05, 0.1) is 11.7 Å². The zero-order valence-electron chi connectivity index (χ0n) is 18.3. The van der Waals surface area contributed by atoms with Gasteiger partial charge in [0.2, 0.25) is 5.95 Å². The zero-order chi connectivity index (χ0) is 23.6. The standard InChI is InChI=1S/C23H21FN8O2/c1-12-11-30(20-16-15(33)7-9-26-19(16)27-23(25)28-20)17(12)21-29-31-10-8-14(24)18(31)22(34)32(21)13-5-3-2-4-6-13/h2-6,8,10,12,17H,7,9,11H2,1H3,(H3,25,26,27,28)/t12?,17-/m0/s1. The molecule has 0 spiro atoms. The van der Waals surface area contributed by atoms with E-state index in [2.05, 4.69) is 20.4 Å². The van der Waals surface area contributed by atoms with Crippen molar-refractivity contribution in [2.45, 2.75) is 19.4 Å². The van der Waals surface area contributed by atoms with Crippen molar-refractivity contribution in [3.05, 3.63) is 70.2 Å². The Balaban J connectivity index is 1.58. The van der Waals surface area contributed by atoms with Crippen molar-refractivity contribution in [3.8, 4) is 5.69 Å². The fourth-order valence-corrected chi connectivity index (χ4v) is 4.85. The van der Waals surface area contributed by atoms with E-state index in [1.807, 2.05) is 17.9 Å². The van der Waals surface area contributed by atoms with Crippen molar-refractivity contribution in [1.29, 1.82) is 0 Å². The second kappa shape index (κ2) is 7.37.